The Kier molecular flexibility index (Phi) is 3.68. The normalized spacial score (nSPS) is 17.7. The molecular weight excluding hydrogens is 292 g/mol. The van der Waals surface area contributed by atoms with E-state index in [1.54, 1.807) is 23.5 Å². The van der Waals surface area contributed by atoms with Crippen LogP contribution in [-0.2, 0) is 6.42 Å². The number of rotatable bonds is 1. The minimum atomic E-state index is -0.0726. The summed E-state index contributed by atoms with van der Waals surface area (Å²) in [4.78, 5) is 15.7. The molecular formula is C15H15ClN2OS. The Hall–Kier alpha value is -1.52. The molecule has 104 valence electrons. The molecule has 3 nitrogen and oxygen atoms in total. The third kappa shape index (κ3) is 2.53. The molecule has 1 aromatic carbocycles. The van der Waals surface area contributed by atoms with Gasteiger partial charge in [-0.05, 0) is 48.6 Å². The summed E-state index contributed by atoms with van der Waals surface area (Å²) in [6, 6.07) is 9.37. The summed E-state index contributed by atoms with van der Waals surface area (Å²) in [6.07, 6.45) is 0.931. The molecule has 0 spiro atoms. The Morgan fingerprint density at radius 3 is 3.10 bits per heavy atom. The van der Waals surface area contributed by atoms with E-state index in [9.17, 15) is 4.79 Å². The second kappa shape index (κ2) is 5.46. The summed E-state index contributed by atoms with van der Waals surface area (Å²) in [5, 5.41) is 5.63. The van der Waals surface area contributed by atoms with Crippen molar-refractivity contribution in [2.75, 3.05) is 11.9 Å². The van der Waals surface area contributed by atoms with E-state index >= 15 is 0 Å². The summed E-state index contributed by atoms with van der Waals surface area (Å²) in [7, 11) is 0. The topological polar surface area (TPSA) is 32.3 Å². The molecule has 2 amide bonds. The predicted molar refractivity (Wildman–Crippen MR) is 83.6 cm³/mol. The number of anilines is 1. The highest BCUT2D eigenvalue weighted by Gasteiger charge is 2.28. The van der Waals surface area contributed by atoms with Gasteiger partial charge in [-0.1, -0.05) is 17.7 Å². The SMILES string of the molecule is CC1c2ccsc2CCN1C(=O)Nc1cccc(Cl)c1. The molecule has 1 unspecified atom stereocenters. The number of carbonyl (C=O) groups excluding carboxylic acids is 1. The molecule has 20 heavy (non-hydrogen) atoms. The van der Waals surface area contributed by atoms with Gasteiger partial charge in [-0.15, -0.1) is 11.3 Å². The molecule has 1 N–H and O–H groups in total. The maximum Gasteiger partial charge on any atom is 0.322 e. The van der Waals surface area contributed by atoms with Crippen LogP contribution in [0.2, 0.25) is 5.02 Å². The summed E-state index contributed by atoms with van der Waals surface area (Å²) in [5.74, 6) is 0. The minimum absolute atomic E-state index is 0.0726. The van der Waals surface area contributed by atoms with Crippen LogP contribution in [-0.4, -0.2) is 17.5 Å². The zero-order valence-corrected chi connectivity index (χ0v) is 12.7. The van der Waals surface area contributed by atoms with Crippen LogP contribution in [0.25, 0.3) is 0 Å². The third-order valence-corrected chi connectivity index (χ3v) is 4.85. The number of halogens is 1. The average molecular weight is 307 g/mol. The van der Waals surface area contributed by atoms with E-state index in [0.717, 1.165) is 18.7 Å². The number of carbonyl (C=O) groups is 1. The molecule has 1 aromatic heterocycles. The van der Waals surface area contributed by atoms with E-state index in [2.05, 4.69) is 23.7 Å². The molecule has 0 radical (unpaired) electrons. The second-order valence-corrected chi connectivity index (χ2v) is 6.30. The Labute approximate surface area is 127 Å². The first kappa shape index (κ1) is 13.5. The van der Waals surface area contributed by atoms with Crippen molar-refractivity contribution in [2.45, 2.75) is 19.4 Å². The van der Waals surface area contributed by atoms with Crippen molar-refractivity contribution in [1.82, 2.24) is 4.90 Å². The zero-order chi connectivity index (χ0) is 14.1. The fraction of sp³-hybridized carbons (Fsp3) is 0.267. The maximum atomic E-state index is 12.4. The summed E-state index contributed by atoms with van der Waals surface area (Å²) >= 11 is 7.70. The Bertz CT molecular complexity index is 640. The van der Waals surface area contributed by atoms with E-state index in [4.69, 9.17) is 11.6 Å². The van der Waals surface area contributed by atoms with Gasteiger partial charge < -0.3 is 10.2 Å². The molecule has 0 fully saturated rings. The van der Waals surface area contributed by atoms with Crippen molar-refractivity contribution in [3.8, 4) is 0 Å². The van der Waals surface area contributed by atoms with Crippen molar-refractivity contribution >= 4 is 34.7 Å². The minimum Gasteiger partial charge on any atom is -0.317 e. The molecule has 0 aliphatic carbocycles. The molecule has 2 heterocycles. The largest absolute Gasteiger partial charge is 0.322 e. The van der Waals surface area contributed by atoms with Gasteiger partial charge in [-0.25, -0.2) is 4.79 Å². The number of nitrogens with one attached hydrogen (secondary N) is 1. The van der Waals surface area contributed by atoms with Gasteiger partial charge in [0.1, 0.15) is 0 Å². The van der Waals surface area contributed by atoms with E-state index in [1.807, 2.05) is 17.0 Å². The van der Waals surface area contributed by atoms with Gasteiger partial charge in [0.15, 0.2) is 0 Å². The first-order chi connectivity index (χ1) is 9.65. The van der Waals surface area contributed by atoms with Gasteiger partial charge in [0.25, 0.3) is 0 Å². The van der Waals surface area contributed by atoms with Crippen LogP contribution >= 0.6 is 22.9 Å². The molecule has 0 saturated carbocycles. The smallest absolute Gasteiger partial charge is 0.317 e. The van der Waals surface area contributed by atoms with Crippen LogP contribution in [0, 0.1) is 0 Å². The number of amides is 2. The molecule has 5 heteroatoms. The van der Waals surface area contributed by atoms with Gasteiger partial charge in [-0.3, -0.25) is 0 Å². The van der Waals surface area contributed by atoms with E-state index in [0.29, 0.717) is 5.02 Å². The first-order valence-corrected chi connectivity index (χ1v) is 7.80. The molecule has 2 aromatic rings. The summed E-state index contributed by atoms with van der Waals surface area (Å²) in [6.45, 7) is 2.82. The van der Waals surface area contributed by atoms with Crippen LogP contribution in [0.5, 0.6) is 0 Å². The van der Waals surface area contributed by atoms with Crippen molar-refractivity contribution in [3.63, 3.8) is 0 Å². The summed E-state index contributed by atoms with van der Waals surface area (Å²) in [5.41, 5.74) is 1.99. The number of fused-ring (bicyclic) bond motifs is 1. The number of benzene rings is 1. The number of thiophene rings is 1. The van der Waals surface area contributed by atoms with Crippen LogP contribution in [0.1, 0.15) is 23.4 Å². The van der Waals surface area contributed by atoms with Gasteiger partial charge in [-0.2, -0.15) is 0 Å². The van der Waals surface area contributed by atoms with Crippen LogP contribution in [0.3, 0.4) is 0 Å². The lowest BCUT2D eigenvalue weighted by Crippen LogP contribution is -2.40. The highest BCUT2D eigenvalue weighted by atomic mass is 35.5. The van der Waals surface area contributed by atoms with E-state index < -0.39 is 0 Å². The molecule has 0 saturated heterocycles. The molecule has 1 aliphatic rings. The highest BCUT2D eigenvalue weighted by Crippen LogP contribution is 2.33. The van der Waals surface area contributed by atoms with Gasteiger partial charge in [0.05, 0.1) is 6.04 Å². The Morgan fingerprint density at radius 2 is 2.30 bits per heavy atom. The standard InChI is InChI=1S/C15H15ClN2OS/c1-10-13-6-8-20-14(13)5-7-18(10)15(19)17-12-4-2-3-11(16)9-12/h2-4,6,8-10H,5,7H2,1H3,(H,17,19). The van der Waals surface area contributed by atoms with Crippen LogP contribution in [0.15, 0.2) is 35.7 Å². The van der Waals surface area contributed by atoms with Crippen LogP contribution < -0.4 is 5.32 Å². The van der Waals surface area contributed by atoms with Crippen molar-refractivity contribution < 1.29 is 4.79 Å². The molecule has 1 aliphatic heterocycles. The van der Waals surface area contributed by atoms with Gasteiger partial charge in [0.2, 0.25) is 0 Å². The summed E-state index contributed by atoms with van der Waals surface area (Å²) < 4.78 is 0. The van der Waals surface area contributed by atoms with Crippen molar-refractivity contribution in [1.29, 1.82) is 0 Å². The second-order valence-electron chi connectivity index (χ2n) is 4.86. The predicted octanol–water partition coefficient (Wildman–Crippen LogP) is 4.55. The van der Waals surface area contributed by atoms with Crippen LogP contribution in [0.4, 0.5) is 10.5 Å². The molecule has 3 rings (SSSR count). The van der Waals surface area contributed by atoms with Crippen molar-refractivity contribution in [3.05, 3.63) is 51.2 Å². The quantitative estimate of drug-likeness (QED) is 0.823. The highest BCUT2D eigenvalue weighted by molar-refractivity contribution is 7.10. The first-order valence-electron chi connectivity index (χ1n) is 6.54. The lowest BCUT2D eigenvalue weighted by Gasteiger charge is -2.33. The molecule has 0 bridgehead atoms. The van der Waals surface area contributed by atoms with E-state index in [-0.39, 0.29) is 12.1 Å². The molecule has 1 atom stereocenters. The number of nitrogens with zero attached hydrogens (tertiary/aromatic N) is 1. The van der Waals surface area contributed by atoms with E-state index in [1.165, 1.54) is 10.4 Å². The Balaban J connectivity index is 1.75. The lowest BCUT2D eigenvalue weighted by atomic mass is 10.0. The lowest BCUT2D eigenvalue weighted by molar-refractivity contribution is 0.189. The number of urea groups is 1. The number of hydrogen-bond acceptors (Lipinski definition) is 2. The van der Waals surface area contributed by atoms with Gasteiger partial charge in [0, 0.05) is 22.1 Å². The fourth-order valence-corrected chi connectivity index (χ4v) is 3.70. The Morgan fingerprint density at radius 1 is 1.45 bits per heavy atom. The van der Waals surface area contributed by atoms with Gasteiger partial charge >= 0.3 is 6.03 Å². The third-order valence-electron chi connectivity index (χ3n) is 3.61. The van der Waals surface area contributed by atoms with Crippen molar-refractivity contribution in [2.24, 2.45) is 0 Å². The maximum absolute atomic E-state index is 12.4. The average Bonchev–Trinajstić information content (AvgIpc) is 2.88. The monoisotopic (exact) mass is 306 g/mol. The number of hydrogen-bond donors (Lipinski definition) is 1. The zero-order valence-electron chi connectivity index (χ0n) is 11.1. The fourth-order valence-electron chi connectivity index (χ4n) is 2.55.